The van der Waals surface area contributed by atoms with Crippen molar-refractivity contribution in [2.45, 2.75) is 5.88 Å². The van der Waals surface area contributed by atoms with E-state index in [4.69, 9.17) is 17.3 Å². The van der Waals surface area contributed by atoms with E-state index in [1.807, 2.05) is 5.38 Å². The molecule has 0 bridgehead atoms. The van der Waals surface area contributed by atoms with Crippen LogP contribution in [-0.4, -0.2) is 0 Å². The van der Waals surface area contributed by atoms with E-state index in [-0.39, 0.29) is 0 Å². The van der Waals surface area contributed by atoms with Crippen molar-refractivity contribution in [3.8, 4) is 0 Å². The highest BCUT2D eigenvalue weighted by Gasteiger charge is 2.05. The molecule has 0 aliphatic heterocycles. The number of rotatable bonds is 1. The minimum absolute atomic E-state index is 0.562. The van der Waals surface area contributed by atoms with Crippen molar-refractivity contribution in [1.82, 2.24) is 0 Å². The van der Waals surface area contributed by atoms with E-state index < -0.39 is 0 Å². The topological polar surface area (TPSA) is 26.0 Å². The fraction of sp³-hybridized carbons (Fsp3) is 0.111. The number of hydrogen-bond donors (Lipinski definition) is 1. The molecule has 0 aliphatic carbocycles. The second-order valence-electron chi connectivity index (χ2n) is 2.76. The SMILES string of the molecule is Nc1csc2cc(CCl)c(I)cc12. The molecule has 2 rings (SSSR count). The Labute approximate surface area is 99.0 Å². The van der Waals surface area contributed by atoms with Crippen LogP contribution in [0.2, 0.25) is 0 Å². The summed E-state index contributed by atoms with van der Waals surface area (Å²) in [5.74, 6) is 0.562. The number of alkyl halides is 1. The molecule has 0 radical (unpaired) electrons. The highest BCUT2D eigenvalue weighted by molar-refractivity contribution is 14.1. The Hall–Kier alpha value is -0.0000000000000000555. The number of benzene rings is 1. The summed E-state index contributed by atoms with van der Waals surface area (Å²) < 4.78 is 2.40. The summed E-state index contributed by atoms with van der Waals surface area (Å²) in [4.78, 5) is 0. The van der Waals surface area contributed by atoms with Crippen molar-refractivity contribution in [2.75, 3.05) is 5.73 Å². The standard InChI is InChI=1S/C9H7ClINS/c10-3-5-1-9-6(2-7(5)11)8(12)4-13-9/h1-2,4H,3,12H2. The van der Waals surface area contributed by atoms with Gasteiger partial charge in [-0.25, -0.2) is 0 Å². The van der Waals surface area contributed by atoms with Gasteiger partial charge in [0.1, 0.15) is 0 Å². The van der Waals surface area contributed by atoms with Crippen LogP contribution in [0.3, 0.4) is 0 Å². The average Bonchev–Trinajstić information content (AvgIpc) is 2.47. The van der Waals surface area contributed by atoms with Crippen molar-refractivity contribution in [1.29, 1.82) is 0 Å². The lowest BCUT2D eigenvalue weighted by molar-refractivity contribution is 1.40. The summed E-state index contributed by atoms with van der Waals surface area (Å²) in [5, 5.41) is 3.11. The van der Waals surface area contributed by atoms with Gasteiger partial charge in [-0.3, -0.25) is 0 Å². The molecule has 2 N–H and O–H groups in total. The first-order valence-corrected chi connectivity index (χ1v) is 6.22. The first-order valence-electron chi connectivity index (χ1n) is 3.73. The third-order valence-corrected chi connectivity index (χ3v) is 4.17. The quantitative estimate of drug-likeness (QED) is 0.626. The fourth-order valence-electron chi connectivity index (χ4n) is 1.21. The molecule has 0 fully saturated rings. The van der Waals surface area contributed by atoms with Crippen LogP contribution in [0.5, 0.6) is 0 Å². The fourth-order valence-corrected chi connectivity index (χ4v) is 3.21. The summed E-state index contributed by atoms with van der Waals surface area (Å²) in [6.45, 7) is 0. The predicted octanol–water partition coefficient (Wildman–Crippen LogP) is 3.83. The van der Waals surface area contributed by atoms with E-state index in [1.165, 1.54) is 13.8 Å². The van der Waals surface area contributed by atoms with E-state index in [2.05, 4.69) is 34.7 Å². The zero-order valence-electron chi connectivity index (χ0n) is 6.68. The van der Waals surface area contributed by atoms with Crippen LogP contribution in [0, 0.1) is 3.57 Å². The van der Waals surface area contributed by atoms with Gasteiger partial charge in [-0.1, -0.05) is 0 Å². The molecule has 13 heavy (non-hydrogen) atoms. The Morgan fingerprint density at radius 1 is 1.46 bits per heavy atom. The Balaban J connectivity index is 2.76. The lowest BCUT2D eigenvalue weighted by Gasteiger charge is -2.00. The highest BCUT2D eigenvalue weighted by Crippen LogP contribution is 2.31. The van der Waals surface area contributed by atoms with Gasteiger partial charge < -0.3 is 5.73 Å². The number of hydrogen-bond acceptors (Lipinski definition) is 2. The molecule has 0 saturated heterocycles. The smallest absolute Gasteiger partial charge is 0.0503 e. The summed E-state index contributed by atoms with van der Waals surface area (Å²) in [5.41, 5.74) is 7.85. The molecule has 0 unspecified atom stereocenters. The third kappa shape index (κ3) is 1.65. The van der Waals surface area contributed by atoms with E-state index in [0.29, 0.717) is 5.88 Å². The van der Waals surface area contributed by atoms with Crippen molar-refractivity contribution in [3.63, 3.8) is 0 Å². The van der Waals surface area contributed by atoms with Crippen molar-refractivity contribution in [2.24, 2.45) is 0 Å². The normalized spacial score (nSPS) is 10.9. The van der Waals surface area contributed by atoms with Crippen LogP contribution in [0.15, 0.2) is 17.5 Å². The molecule has 0 amide bonds. The second kappa shape index (κ2) is 3.63. The largest absolute Gasteiger partial charge is 0.398 e. The molecule has 0 aliphatic rings. The molecule has 1 nitrogen and oxygen atoms in total. The number of anilines is 1. The highest BCUT2D eigenvalue weighted by atomic mass is 127. The van der Waals surface area contributed by atoms with Gasteiger partial charge in [-0.05, 0) is 40.3 Å². The number of halogens is 2. The molecule has 68 valence electrons. The summed E-state index contributed by atoms with van der Waals surface area (Å²) >= 11 is 9.76. The summed E-state index contributed by atoms with van der Waals surface area (Å²) in [7, 11) is 0. The molecule has 1 aromatic carbocycles. The van der Waals surface area contributed by atoms with E-state index in [1.54, 1.807) is 11.3 Å². The molecule has 0 saturated carbocycles. The van der Waals surface area contributed by atoms with E-state index >= 15 is 0 Å². The molecule has 1 aromatic heterocycles. The van der Waals surface area contributed by atoms with Gasteiger partial charge in [0, 0.05) is 24.9 Å². The van der Waals surface area contributed by atoms with Crippen LogP contribution in [0.1, 0.15) is 5.56 Å². The van der Waals surface area contributed by atoms with Gasteiger partial charge in [0.25, 0.3) is 0 Å². The van der Waals surface area contributed by atoms with E-state index in [0.717, 1.165) is 11.1 Å². The Bertz CT molecular complexity index is 452. The van der Waals surface area contributed by atoms with Gasteiger partial charge in [-0.15, -0.1) is 22.9 Å². The molecular weight excluding hydrogens is 317 g/mol. The van der Waals surface area contributed by atoms with Crippen LogP contribution >= 0.6 is 45.5 Å². The van der Waals surface area contributed by atoms with Crippen LogP contribution < -0.4 is 5.73 Å². The number of nitrogen functional groups attached to an aromatic ring is 1. The maximum Gasteiger partial charge on any atom is 0.0503 e. The van der Waals surface area contributed by atoms with Gasteiger partial charge in [0.2, 0.25) is 0 Å². The van der Waals surface area contributed by atoms with Crippen molar-refractivity contribution < 1.29 is 0 Å². The van der Waals surface area contributed by atoms with Crippen LogP contribution in [0.25, 0.3) is 10.1 Å². The number of fused-ring (bicyclic) bond motifs is 1. The van der Waals surface area contributed by atoms with E-state index in [9.17, 15) is 0 Å². The minimum atomic E-state index is 0.562. The Morgan fingerprint density at radius 2 is 2.23 bits per heavy atom. The maximum absolute atomic E-state index is 5.81. The Kier molecular flexibility index (Phi) is 2.67. The van der Waals surface area contributed by atoms with Crippen LogP contribution in [-0.2, 0) is 5.88 Å². The zero-order valence-corrected chi connectivity index (χ0v) is 10.4. The first-order chi connectivity index (χ1) is 6.22. The summed E-state index contributed by atoms with van der Waals surface area (Å²) in [6.07, 6.45) is 0. The molecular formula is C9H7ClINS. The monoisotopic (exact) mass is 323 g/mol. The summed E-state index contributed by atoms with van der Waals surface area (Å²) in [6, 6.07) is 4.21. The predicted molar refractivity (Wildman–Crippen MR) is 68.5 cm³/mol. The average molecular weight is 324 g/mol. The number of thiophene rings is 1. The molecule has 0 atom stereocenters. The molecule has 1 heterocycles. The van der Waals surface area contributed by atoms with Crippen molar-refractivity contribution in [3.05, 3.63) is 26.6 Å². The zero-order chi connectivity index (χ0) is 9.42. The third-order valence-electron chi connectivity index (χ3n) is 1.92. The number of nitrogens with two attached hydrogens (primary N) is 1. The maximum atomic E-state index is 5.81. The molecule has 4 heteroatoms. The van der Waals surface area contributed by atoms with Gasteiger partial charge in [0.05, 0.1) is 5.69 Å². The lowest BCUT2D eigenvalue weighted by Crippen LogP contribution is -1.85. The van der Waals surface area contributed by atoms with Crippen molar-refractivity contribution >= 4 is 61.3 Å². The first kappa shape index (κ1) is 9.55. The minimum Gasteiger partial charge on any atom is -0.398 e. The molecule has 0 spiro atoms. The van der Waals surface area contributed by atoms with Gasteiger partial charge in [-0.2, -0.15) is 0 Å². The van der Waals surface area contributed by atoms with Gasteiger partial charge in [0.15, 0.2) is 0 Å². The lowest BCUT2D eigenvalue weighted by atomic mass is 10.2. The second-order valence-corrected chi connectivity index (χ2v) is 5.11. The van der Waals surface area contributed by atoms with Gasteiger partial charge >= 0.3 is 0 Å². The van der Waals surface area contributed by atoms with Crippen LogP contribution in [0.4, 0.5) is 5.69 Å². The Morgan fingerprint density at radius 3 is 2.92 bits per heavy atom. The molecule has 2 aromatic rings.